The summed E-state index contributed by atoms with van der Waals surface area (Å²) in [5.41, 5.74) is 3.88. The third kappa shape index (κ3) is 3.93. The number of nitro benzene ring substituents is 1. The van der Waals surface area contributed by atoms with E-state index >= 15 is 0 Å². The highest BCUT2D eigenvalue weighted by Crippen LogP contribution is 2.45. The van der Waals surface area contributed by atoms with E-state index in [0.29, 0.717) is 12.0 Å². The summed E-state index contributed by atoms with van der Waals surface area (Å²) >= 11 is 0. The first-order valence-corrected chi connectivity index (χ1v) is 9.37. The Hall–Kier alpha value is -1.76. The van der Waals surface area contributed by atoms with Crippen LogP contribution < -0.4 is 4.48 Å². The fraction of sp³-hybridized carbons (Fsp3) is 0.429. The zero-order chi connectivity index (χ0) is 18.3. The number of rotatable bonds is 4. The Balaban J connectivity index is 0.00000210. The number of piperazine rings is 1. The van der Waals surface area contributed by atoms with Crippen molar-refractivity contribution in [3.8, 4) is 0 Å². The molecule has 4 rings (SSSR count). The molecule has 1 saturated heterocycles. The number of hydrogen-bond donors (Lipinski definition) is 0. The lowest BCUT2D eigenvalue weighted by Crippen LogP contribution is -2.59. The number of likely N-dealkylation sites (N-methyl/N-ethyl adjacent to an activating group) is 1. The second kappa shape index (κ2) is 7.70. The van der Waals surface area contributed by atoms with Crippen molar-refractivity contribution in [1.29, 1.82) is 0 Å². The molecule has 2 aliphatic rings. The van der Waals surface area contributed by atoms with Gasteiger partial charge in [0, 0.05) is 48.8 Å². The van der Waals surface area contributed by atoms with E-state index in [0.717, 1.165) is 36.2 Å². The molecule has 1 saturated carbocycles. The molecule has 0 amide bonds. The van der Waals surface area contributed by atoms with Crippen LogP contribution >= 0.6 is 17.0 Å². The van der Waals surface area contributed by atoms with Crippen LogP contribution in [-0.2, 0) is 0 Å². The summed E-state index contributed by atoms with van der Waals surface area (Å²) in [6.45, 7) is 6.26. The second-order valence-corrected chi connectivity index (χ2v) is 7.93. The summed E-state index contributed by atoms with van der Waals surface area (Å²) in [4.78, 5) is 13.3. The largest absolute Gasteiger partial charge is 0.291 e. The van der Waals surface area contributed by atoms with Gasteiger partial charge in [0.1, 0.15) is 5.69 Å². The summed E-state index contributed by atoms with van der Waals surface area (Å²) in [6.07, 6.45) is 1.27. The SMILES string of the molecule is Br.Cc1cc([N+](=O)[O-])ccc1[N+]1(C)CCN([C@@H]2C[C@H]2c2ccccc2)CC1. The molecular weight excluding hydrogens is 406 g/mol. The monoisotopic (exact) mass is 432 g/mol. The van der Waals surface area contributed by atoms with E-state index in [-0.39, 0.29) is 27.6 Å². The first-order valence-electron chi connectivity index (χ1n) is 9.37. The van der Waals surface area contributed by atoms with Crippen molar-refractivity contribution in [2.24, 2.45) is 0 Å². The number of non-ortho nitro benzene ring substituents is 1. The van der Waals surface area contributed by atoms with Crippen molar-refractivity contribution < 1.29 is 4.92 Å². The second-order valence-electron chi connectivity index (χ2n) is 7.93. The molecule has 0 radical (unpaired) electrons. The lowest BCUT2D eigenvalue weighted by molar-refractivity contribution is -0.384. The number of hydrogen-bond acceptors (Lipinski definition) is 3. The van der Waals surface area contributed by atoms with Crippen molar-refractivity contribution in [1.82, 2.24) is 9.38 Å². The van der Waals surface area contributed by atoms with Crippen LogP contribution in [0.3, 0.4) is 0 Å². The third-order valence-electron chi connectivity index (χ3n) is 6.19. The Morgan fingerprint density at radius 1 is 1.11 bits per heavy atom. The first-order chi connectivity index (χ1) is 12.5. The van der Waals surface area contributed by atoms with Gasteiger partial charge in [-0.3, -0.25) is 19.5 Å². The summed E-state index contributed by atoms with van der Waals surface area (Å²) in [7, 11) is 2.26. The molecule has 0 bridgehead atoms. The number of nitro groups is 1. The lowest BCUT2D eigenvalue weighted by Gasteiger charge is -2.42. The molecule has 2 aromatic carbocycles. The van der Waals surface area contributed by atoms with Crippen molar-refractivity contribution in [3.63, 3.8) is 0 Å². The molecule has 6 heteroatoms. The van der Waals surface area contributed by atoms with Crippen molar-refractivity contribution in [2.75, 3.05) is 33.2 Å². The van der Waals surface area contributed by atoms with Gasteiger partial charge in [0.15, 0.2) is 0 Å². The van der Waals surface area contributed by atoms with E-state index in [4.69, 9.17) is 0 Å². The van der Waals surface area contributed by atoms with Gasteiger partial charge in [-0.2, -0.15) is 0 Å². The molecule has 0 unspecified atom stereocenters. The van der Waals surface area contributed by atoms with Crippen LogP contribution in [0, 0.1) is 17.0 Å². The molecule has 0 spiro atoms. The average Bonchev–Trinajstić information content (AvgIpc) is 3.43. The van der Waals surface area contributed by atoms with Crippen LogP contribution in [0.25, 0.3) is 0 Å². The highest BCUT2D eigenvalue weighted by Gasteiger charge is 2.45. The van der Waals surface area contributed by atoms with Gasteiger partial charge in [-0.1, -0.05) is 30.3 Å². The van der Waals surface area contributed by atoms with Crippen LogP contribution in [0.5, 0.6) is 0 Å². The standard InChI is InChI=1S/C21H26N3O2.BrH/c1-16-14-18(23(25)26)8-9-21(16)24(2)12-10-22(11-13-24)20-15-19(20)17-6-4-3-5-7-17;/h3-9,14,19-20H,10-13,15H2,1-2H3;1H/q+1;/t19-,20+;/m0./s1. The van der Waals surface area contributed by atoms with E-state index in [2.05, 4.69) is 42.3 Å². The fourth-order valence-electron chi connectivity index (χ4n) is 4.50. The molecule has 144 valence electrons. The maximum absolute atomic E-state index is 11.0. The number of aryl methyl sites for hydroxylation is 1. The van der Waals surface area contributed by atoms with Crippen LogP contribution in [0.15, 0.2) is 48.5 Å². The van der Waals surface area contributed by atoms with Crippen molar-refractivity contribution >= 4 is 28.4 Å². The minimum absolute atomic E-state index is 0. The average molecular weight is 433 g/mol. The summed E-state index contributed by atoms with van der Waals surface area (Å²) < 4.78 is 0.864. The molecule has 0 N–H and O–H groups in total. The number of quaternary nitrogens is 1. The fourth-order valence-corrected chi connectivity index (χ4v) is 4.50. The number of nitrogens with zero attached hydrogens (tertiary/aromatic N) is 3. The molecule has 2 fully saturated rings. The predicted octanol–water partition coefficient (Wildman–Crippen LogP) is 4.29. The van der Waals surface area contributed by atoms with Crippen LogP contribution in [0.1, 0.15) is 23.5 Å². The molecule has 27 heavy (non-hydrogen) atoms. The highest BCUT2D eigenvalue weighted by molar-refractivity contribution is 8.93. The van der Waals surface area contributed by atoms with Crippen LogP contribution in [-0.4, -0.2) is 49.1 Å². The van der Waals surface area contributed by atoms with E-state index in [1.54, 1.807) is 12.1 Å². The lowest BCUT2D eigenvalue weighted by atomic mass is 10.1. The van der Waals surface area contributed by atoms with E-state index < -0.39 is 0 Å². The Kier molecular flexibility index (Phi) is 5.70. The van der Waals surface area contributed by atoms with Gasteiger partial charge in [0.05, 0.1) is 25.1 Å². The Bertz CT molecular complexity index is 819. The van der Waals surface area contributed by atoms with Crippen LogP contribution in [0.4, 0.5) is 11.4 Å². The quantitative estimate of drug-likeness (QED) is 0.411. The van der Waals surface area contributed by atoms with E-state index in [1.165, 1.54) is 17.7 Å². The molecule has 0 aromatic heterocycles. The van der Waals surface area contributed by atoms with Gasteiger partial charge in [-0.25, -0.2) is 0 Å². The number of halogens is 1. The van der Waals surface area contributed by atoms with E-state index in [1.807, 2.05) is 13.0 Å². The van der Waals surface area contributed by atoms with Gasteiger partial charge in [0.2, 0.25) is 0 Å². The predicted molar refractivity (Wildman–Crippen MR) is 115 cm³/mol. The number of benzene rings is 2. The highest BCUT2D eigenvalue weighted by atomic mass is 79.9. The Labute approximate surface area is 171 Å². The first kappa shape index (κ1) is 20.0. The molecule has 2 aromatic rings. The van der Waals surface area contributed by atoms with Gasteiger partial charge < -0.3 is 0 Å². The van der Waals surface area contributed by atoms with Gasteiger partial charge in [-0.05, 0) is 18.9 Å². The normalized spacial score (nSPS) is 24.1. The molecule has 1 aliphatic carbocycles. The Morgan fingerprint density at radius 3 is 2.37 bits per heavy atom. The van der Waals surface area contributed by atoms with Crippen LogP contribution in [0.2, 0.25) is 0 Å². The smallest absolute Gasteiger partial charge is 0.270 e. The summed E-state index contributed by atoms with van der Waals surface area (Å²) in [5.74, 6) is 0.689. The summed E-state index contributed by atoms with van der Waals surface area (Å²) in [6, 6.07) is 16.8. The topological polar surface area (TPSA) is 46.4 Å². The third-order valence-corrected chi connectivity index (χ3v) is 6.19. The maximum atomic E-state index is 11.0. The molecule has 1 aliphatic heterocycles. The van der Waals surface area contributed by atoms with Gasteiger partial charge in [-0.15, -0.1) is 17.0 Å². The van der Waals surface area contributed by atoms with Crippen molar-refractivity contribution in [3.05, 3.63) is 69.8 Å². The van der Waals surface area contributed by atoms with Gasteiger partial charge in [0.25, 0.3) is 5.69 Å². The Morgan fingerprint density at radius 2 is 1.78 bits per heavy atom. The maximum Gasteiger partial charge on any atom is 0.270 e. The zero-order valence-electron chi connectivity index (χ0n) is 15.9. The zero-order valence-corrected chi connectivity index (χ0v) is 17.6. The molecule has 2 atom stereocenters. The minimum atomic E-state index is -0.314. The molecule has 1 heterocycles. The molecular formula is C21H27BrN3O2+. The molecule has 5 nitrogen and oxygen atoms in total. The van der Waals surface area contributed by atoms with E-state index in [9.17, 15) is 10.1 Å². The summed E-state index contributed by atoms with van der Waals surface area (Å²) in [5, 5.41) is 11.0. The van der Waals surface area contributed by atoms with Gasteiger partial charge >= 0.3 is 0 Å². The minimum Gasteiger partial charge on any atom is -0.291 e. The van der Waals surface area contributed by atoms with Crippen molar-refractivity contribution in [2.45, 2.75) is 25.3 Å².